The zero-order chi connectivity index (χ0) is 33.2. The quantitative estimate of drug-likeness (QED) is 0.110. The van der Waals surface area contributed by atoms with Crippen molar-refractivity contribution >= 4 is 34.7 Å². The summed E-state index contributed by atoms with van der Waals surface area (Å²) in [5.41, 5.74) is 7.95. The van der Waals surface area contributed by atoms with Crippen LogP contribution in [0.2, 0.25) is 0 Å². The molecule has 0 saturated carbocycles. The molecule has 10 nitrogen and oxygen atoms in total. The number of hydrazone groups is 1. The Morgan fingerprint density at radius 1 is 1.11 bits per heavy atom. The van der Waals surface area contributed by atoms with E-state index in [-0.39, 0.29) is 17.4 Å². The summed E-state index contributed by atoms with van der Waals surface area (Å²) in [6, 6.07) is 18.7. The maximum Gasteiger partial charge on any atom is 0.573 e. The van der Waals surface area contributed by atoms with Crippen molar-refractivity contribution in [3.8, 4) is 22.8 Å². The van der Waals surface area contributed by atoms with Crippen molar-refractivity contribution in [1.29, 1.82) is 0 Å². The Morgan fingerprint density at radius 3 is 2.53 bits per heavy atom. The van der Waals surface area contributed by atoms with Crippen LogP contribution in [-0.2, 0) is 4.79 Å². The predicted octanol–water partition coefficient (Wildman–Crippen LogP) is 5.91. The van der Waals surface area contributed by atoms with E-state index in [0.717, 1.165) is 53.9 Å². The van der Waals surface area contributed by atoms with Gasteiger partial charge in [0.2, 0.25) is 5.91 Å². The number of aliphatic imine (C=N–C) groups is 1. The van der Waals surface area contributed by atoms with Gasteiger partial charge < -0.3 is 15.4 Å². The lowest BCUT2D eigenvalue weighted by atomic mass is 10.00. The average molecular weight is 665 g/mol. The fraction of sp³-hybridized carbons (Fsp3) is 0.303. The number of ether oxygens (including phenoxy) is 1. The number of alkyl halides is 3. The zero-order valence-corrected chi connectivity index (χ0v) is 26.7. The van der Waals surface area contributed by atoms with E-state index in [4.69, 9.17) is 4.99 Å². The Labute approximate surface area is 274 Å². The van der Waals surface area contributed by atoms with Crippen molar-refractivity contribution in [3.63, 3.8) is 0 Å². The van der Waals surface area contributed by atoms with Crippen LogP contribution < -0.4 is 20.8 Å². The molecule has 1 aromatic heterocycles. The molecule has 0 radical (unpaired) electrons. The Morgan fingerprint density at radius 2 is 1.85 bits per heavy atom. The van der Waals surface area contributed by atoms with Gasteiger partial charge in [0.05, 0.1) is 23.3 Å². The first-order valence-electron chi connectivity index (χ1n) is 15.1. The highest BCUT2D eigenvalue weighted by Crippen LogP contribution is 2.25. The lowest BCUT2D eigenvalue weighted by Gasteiger charge is -2.22. The molecule has 2 heterocycles. The summed E-state index contributed by atoms with van der Waals surface area (Å²) < 4.78 is 42.7. The van der Waals surface area contributed by atoms with Gasteiger partial charge in [0.1, 0.15) is 12.1 Å². The number of hydrogen-bond donors (Lipinski definition) is 3. The third-order valence-corrected chi connectivity index (χ3v) is 8.21. The van der Waals surface area contributed by atoms with Crippen LogP contribution in [0.4, 0.5) is 18.9 Å². The number of nitrogens with zero attached hydrogens (tertiary/aromatic N) is 5. The molecular weight excluding hydrogens is 629 g/mol. The molecule has 1 aliphatic heterocycles. The number of carbonyl (C=O) groups is 1. The van der Waals surface area contributed by atoms with Gasteiger partial charge in [-0.2, -0.15) is 5.10 Å². The van der Waals surface area contributed by atoms with Crippen LogP contribution in [0.25, 0.3) is 17.1 Å². The van der Waals surface area contributed by atoms with E-state index < -0.39 is 6.36 Å². The maximum absolute atomic E-state index is 12.6. The molecule has 0 aliphatic carbocycles. The molecule has 1 atom stereocenters. The van der Waals surface area contributed by atoms with Crippen LogP contribution in [-0.4, -0.2) is 63.8 Å². The normalized spacial score (nSPS) is 15.5. The van der Waals surface area contributed by atoms with Crippen LogP contribution in [0.3, 0.4) is 0 Å². The lowest BCUT2D eigenvalue weighted by Crippen LogP contribution is -2.38. The van der Waals surface area contributed by atoms with E-state index in [2.05, 4.69) is 36.0 Å². The number of thioether (sulfide) groups is 1. The van der Waals surface area contributed by atoms with E-state index in [1.807, 2.05) is 56.3 Å². The first-order valence-corrected chi connectivity index (χ1v) is 16.0. The summed E-state index contributed by atoms with van der Waals surface area (Å²) >= 11 is 1.29. The summed E-state index contributed by atoms with van der Waals surface area (Å²) in [5, 5.41) is 15.7. The number of halogens is 3. The number of hydrogen-bond acceptors (Lipinski definition) is 8. The van der Waals surface area contributed by atoms with Crippen LogP contribution in [0.1, 0.15) is 29.5 Å². The number of amides is 1. The molecule has 14 heteroatoms. The van der Waals surface area contributed by atoms with Gasteiger partial charge in [-0.15, -0.1) is 18.3 Å². The Hall–Kier alpha value is -4.69. The van der Waals surface area contributed by atoms with Gasteiger partial charge in [0, 0.05) is 12.1 Å². The number of para-hydroxylation sites is 1. The van der Waals surface area contributed by atoms with Gasteiger partial charge in [0.15, 0.2) is 11.0 Å². The van der Waals surface area contributed by atoms with Crippen molar-refractivity contribution in [1.82, 2.24) is 30.8 Å². The maximum atomic E-state index is 12.6. The molecule has 47 heavy (non-hydrogen) atoms. The number of carbonyl (C=O) groups excluding carboxylic acids is 1. The zero-order valence-electron chi connectivity index (χ0n) is 25.9. The van der Waals surface area contributed by atoms with E-state index >= 15 is 0 Å². The molecule has 3 aromatic carbocycles. The fourth-order valence-corrected chi connectivity index (χ4v) is 5.56. The number of aromatic nitrogens is 3. The number of piperidine rings is 1. The van der Waals surface area contributed by atoms with E-state index in [1.165, 1.54) is 47.0 Å². The second-order valence-corrected chi connectivity index (χ2v) is 12.0. The minimum atomic E-state index is -4.76. The molecule has 1 unspecified atom stereocenters. The molecule has 1 aliphatic rings. The predicted molar refractivity (Wildman–Crippen MR) is 178 cm³/mol. The summed E-state index contributed by atoms with van der Waals surface area (Å²) in [5.74, 6) is 0.721. The molecule has 3 N–H and O–H groups in total. The van der Waals surface area contributed by atoms with Crippen molar-refractivity contribution in [2.45, 2.75) is 33.1 Å². The Kier molecular flexibility index (Phi) is 11.3. The van der Waals surface area contributed by atoms with Gasteiger partial charge in [0.25, 0.3) is 0 Å². The third kappa shape index (κ3) is 10.1. The lowest BCUT2D eigenvalue weighted by molar-refractivity contribution is -0.274. The number of aryl methyl sites for hydroxylation is 2. The van der Waals surface area contributed by atoms with Crippen molar-refractivity contribution in [3.05, 3.63) is 89.7 Å². The van der Waals surface area contributed by atoms with Crippen LogP contribution in [0.15, 0.2) is 83.2 Å². The summed E-state index contributed by atoms with van der Waals surface area (Å²) in [7, 11) is 0. The number of rotatable bonds is 10. The Bertz CT molecular complexity index is 1680. The standard InChI is InChI=1S/C33H35F3N8O2S/c1-22-5-3-6-23(2)30(22)41-32(47-20-29(45)38-18-25-7-4-16-37-17-25)42-40-19-24-8-10-26(11-9-24)31-39-21-44(43-31)27-12-14-28(15-13-27)46-33(34,35)36/h3,5-6,8-15,19,21,25,37H,4,7,16-18,20H2,1-2H3,(H,38,45)(H,41,42)/b40-19-. The number of amidine groups is 1. The SMILES string of the molecule is Cc1cccc(C)c1N=C(N/N=C\c1ccc(-c2ncn(-c3ccc(OC(F)(F)F)cc3)n2)cc1)SCC(=O)NCC1CCCNC1. The molecule has 4 aromatic rings. The third-order valence-electron chi connectivity index (χ3n) is 7.35. The molecule has 0 spiro atoms. The number of nitrogens with one attached hydrogen (secondary N) is 3. The first-order chi connectivity index (χ1) is 22.6. The van der Waals surface area contributed by atoms with E-state index in [1.54, 1.807) is 6.21 Å². The number of benzene rings is 3. The molecule has 1 saturated heterocycles. The molecule has 1 amide bonds. The molecule has 0 bridgehead atoms. The summed E-state index contributed by atoms with van der Waals surface area (Å²) in [6.45, 7) is 6.59. The van der Waals surface area contributed by atoms with Crippen LogP contribution in [0, 0.1) is 19.8 Å². The minimum Gasteiger partial charge on any atom is -0.406 e. The van der Waals surface area contributed by atoms with Crippen molar-refractivity contribution < 1.29 is 22.7 Å². The van der Waals surface area contributed by atoms with Gasteiger partial charge in [-0.3, -0.25) is 10.2 Å². The molecule has 5 rings (SSSR count). The van der Waals surface area contributed by atoms with E-state index in [0.29, 0.717) is 29.1 Å². The monoisotopic (exact) mass is 664 g/mol. The topological polar surface area (TPSA) is 118 Å². The van der Waals surface area contributed by atoms with Crippen molar-refractivity contribution in [2.75, 3.05) is 25.4 Å². The largest absolute Gasteiger partial charge is 0.573 e. The Balaban J connectivity index is 1.21. The highest BCUT2D eigenvalue weighted by atomic mass is 32.2. The second-order valence-electron chi connectivity index (χ2n) is 11.0. The van der Waals surface area contributed by atoms with Gasteiger partial charge in [-0.05, 0) is 86.7 Å². The highest BCUT2D eigenvalue weighted by molar-refractivity contribution is 8.14. The summed E-state index contributed by atoms with van der Waals surface area (Å²) in [4.78, 5) is 21.8. The highest BCUT2D eigenvalue weighted by Gasteiger charge is 2.31. The van der Waals surface area contributed by atoms with Gasteiger partial charge >= 0.3 is 6.36 Å². The smallest absolute Gasteiger partial charge is 0.406 e. The van der Waals surface area contributed by atoms with Crippen molar-refractivity contribution in [2.24, 2.45) is 16.0 Å². The summed E-state index contributed by atoms with van der Waals surface area (Å²) in [6.07, 6.45) is 0.610. The average Bonchev–Trinajstić information content (AvgIpc) is 3.55. The van der Waals surface area contributed by atoms with Gasteiger partial charge in [-0.25, -0.2) is 14.7 Å². The second kappa shape index (κ2) is 15.7. The molecule has 246 valence electrons. The molecule has 1 fully saturated rings. The van der Waals surface area contributed by atoms with Crippen LogP contribution in [0.5, 0.6) is 5.75 Å². The van der Waals surface area contributed by atoms with Gasteiger partial charge in [-0.1, -0.05) is 54.2 Å². The minimum absolute atomic E-state index is 0.0558. The fourth-order valence-electron chi connectivity index (χ4n) is 4.92. The van der Waals surface area contributed by atoms with E-state index in [9.17, 15) is 18.0 Å². The first kappa shape index (κ1) is 33.7. The molecular formula is C33H35F3N8O2S. The van der Waals surface area contributed by atoms with Crippen LogP contribution >= 0.6 is 11.8 Å².